The maximum Gasteiger partial charge on any atom is 0.251 e. The fourth-order valence-electron chi connectivity index (χ4n) is 2.38. The predicted molar refractivity (Wildman–Crippen MR) is 73.6 cm³/mol. The smallest absolute Gasteiger partial charge is 0.251 e. The Morgan fingerprint density at radius 3 is 2.65 bits per heavy atom. The number of halogens is 1. The van der Waals surface area contributed by atoms with E-state index < -0.39 is 29.2 Å². The van der Waals surface area contributed by atoms with E-state index >= 15 is 0 Å². The summed E-state index contributed by atoms with van der Waals surface area (Å²) in [5, 5.41) is 2.29. The van der Waals surface area contributed by atoms with Crippen molar-refractivity contribution in [2.24, 2.45) is 5.73 Å². The first-order valence-electron chi connectivity index (χ1n) is 6.41. The van der Waals surface area contributed by atoms with Gasteiger partial charge in [-0.15, -0.1) is 0 Å². The minimum absolute atomic E-state index is 0.0120. The summed E-state index contributed by atoms with van der Waals surface area (Å²) in [5.74, 6) is -1.26. The molecule has 0 aromatic heterocycles. The largest absolute Gasteiger partial charge is 0.348 e. The first-order valence-corrected chi connectivity index (χ1v) is 6.41. The Labute approximate surface area is 116 Å². The number of hydrogen-bond donors (Lipinski definition) is 2. The van der Waals surface area contributed by atoms with E-state index in [0.29, 0.717) is 11.3 Å². The summed E-state index contributed by atoms with van der Waals surface area (Å²) >= 11 is 0. The van der Waals surface area contributed by atoms with Crippen LogP contribution in [0.3, 0.4) is 0 Å². The van der Waals surface area contributed by atoms with Gasteiger partial charge < -0.3 is 10.6 Å². The van der Waals surface area contributed by atoms with Crippen LogP contribution < -0.4 is 16.0 Å². The van der Waals surface area contributed by atoms with E-state index in [0.717, 1.165) is 0 Å². The Hall–Kier alpha value is -1.95. The molecule has 1 unspecified atom stereocenters. The summed E-state index contributed by atoms with van der Waals surface area (Å²) < 4.78 is 14.0. The molecule has 3 N–H and O–H groups in total. The molecule has 0 spiro atoms. The number of nitrogens with two attached hydrogens (primary N) is 1. The Kier molecular flexibility index (Phi) is 3.52. The fraction of sp³-hybridized carbons (Fsp3) is 0.429. The van der Waals surface area contributed by atoms with Crippen LogP contribution in [0.1, 0.15) is 32.4 Å². The Morgan fingerprint density at radius 1 is 1.40 bits per heavy atom. The lowest BCUT2D eigenvalue weighted by molar-refractivity contribution is -0.135. The average molecular weight is 279 g/mol. The second-order valence-electron chi connectivity index (χ2n) is 5.48. The molecular weight excluding hydrogens is 261 g/mol. The molecule has 20 heavy (non-hydrogen) atoms. The van der Waals surface area contributed by atoms with Crippen LogP contribution in [0.5, 0.6) is 0 Å². The van der Waals surface area contributed by atoms with E-state index in [1.54, 1.807) is 37.8 Å². The van der Waals surface area contributed by atoms with Gasteiger partial charge in [0, 0.05) is 17.3 Å². The van der Waals surface area contributed by atoms with E-state index in [1.807, 2.05) is 0 Å². The van der Waals surface area contributed by atoms with Crippen LogP contribution in [0.15, 0.2) is 18.2 Å². The normalized spacial score (nSPS) is 19.8. The molecule has 2 amide bonds. The second kappa shape index (κ2) is 4.86. The number of nitrogens with zero attached hydrogens (tertiary/aromatic N) is 1. The van der Waals surface area contributed by atoms with E-state index in [4.69, 9.17) is 5.73 Å². The topological polar surface area (TPSA) is 75.4 Å². The Morgan fingerprint density at radius 2 is 2.05 bits per heavy atom. The highest BCUT2D eigenvalue weighted by Crippen LogP contribution is 2.33. The third kappa shape index (κ3) is 2.27. The highest BCUT2D eigenvalue weighted by Gasteiger charge is 2.42. The molecule has 0 saturated carbocycles. The lowest BCUT2D eigenvalue weighted by Gasteiger charge is -2.43. The predicted octanol–water partition coefficient (Wildman–Crippen LogP) is 1.09. The molecule has 1 saturated heterocycles. The van der Waals surface area contributed by atoms with Gasteiger partial charge in [0.05, 0.1) is 6.54 Å². The molecule has 1 atom stereocenters. The van der Waals surface area contributed by atoms with Crippen LogP contribution in [0.2, 0.25) is 0 Å². The summed E-state index contributed by atoms with van der Waals surface area (Å²) in [5.41, 5.74) is 5.66. The van der Waals surface area contributed by atoms with Gasteiger partial charge in [0.15, 0.2) is 0 Å². The Balaban J connectivity index is 2.57. The van der Waals surface area contributed by atoms with Gasteiger partial charge in [0.1, 0.15) is 11.4 Å². The molecule has 2 rings (SSSR count). The van der Waals surface area contributed by atoms with Gasteiger partial charge in [-0.2, -0.15) is 0 Å². The van der Waals surface area contributed by atoms with Crippen molar-refractivity contribution in [3.05, 3.63) is 29.6 Å². The minimum Gasteiger partial charge on any atom is -0.348 e. The van der Waals surface area contributed by atoms with Crippen molar-refractivity contribution in [2.75, 3.05) is 11.4 Å². The summed E-state index contributed by atoms with van der Waals surface area (Å²) in [4.78, 5) is 25.2. The number of amides is 2. The first-order chi connectivity index (χ1) is 9.25. The van der Waals surface area contributed by atoms with Gasteiger partial charge in [-0.1, -0.05) is 6.07 Å². The number of anilines is 1. The summed E-state index contributed by atoms with van der Waals surface area (Å²) in [6.45, 7) is 5.03. The number of carbonyl (C=O) groups excluding carboxylic acids is 2. The molecule has 1 aliphatic rings. The number of imide groups is 1. The summed E-state index contributed by atoms with van der Waals surface area (Å²) in [7, 11) is 0. The summed E-state index contributed by atoms with van der Waals surface area (Å²) in [6, 6.07) is 4.00. The quantitative estimate of drug-likeness (QED) is 0.795. The first kappa shape index (κ1) is 14.5. The molecule has 1 aromatic rings. The number of benzene rings is 1. The molecule has 108 valence electrons. The second-order valence-corrected chi connectivity index (χ2v) is 5.48. The molecule has 0 radical (unpaired) electrons. The van der Waals surface area contributed by atoms with Crippen LogP contribution in [0.4, 0.5) is 10.1 Å². The van der Waals surface area contributed by atoms with Crippen molar-refractivity contribution in [2.45, 2.75) is 32.4 Å². The number of rotatable bonds is 2. The fourth-order valence-corrected chi connectivity index (χ4v) is 2.38. The standard InChI is InChI=1S/C14H18FN3O2/c1-8(16)12-9(15)5-4-6-10(12)18-7-11(19)17-13(20)14(18,2)3/h4-6,8H,7,16H2,1-3H3,(H,17,19,20). The lowest BCUT2D eigenvalue weighted by atomic mass is 9.95. The van der Waals surface area contributed by atoms with Gasteiger partial charge in [0.2, 0.25) is 5.91 Å². The van der Waals surface area contributed by atoms with Crippen molar-refractivity contribution in [3.8, 4) is 0 Å². The molecule has 1 heterocycles. The van der Waals surface area contributed by atoms with E-state index in [-0.39, 0.29) is 6.54 Å². The highest BCUT2D eigenvalue weighted by atomic mass is 19.1. The van der Waals surface area contributed by atoms with Crippen molar-refractivity contribution in [1.29, 1.82) is 0 Å². The molecular formula is C14H18FN3O2. The molecule has 0 aliphatic carbocycles. The van der Waals surface area contributed by atoms with Gasteiger partial charge in [0.25, 0.3) is 5.91 Å². The zero-order chi connectivity index (χ0) is 15.1. The monoisotopic (exact) mass is 279 g/mol. The van der Waals surface area contributed by atoms with Crippen LogP contribution in [0, 0.1) is 5.82 Å². The molecule has 5 nitrogen and oxygen atoms in total. The lowest BCUT2D eigenvalue weighted by Crippen LogP contribution is -2.64. The van der Waals surface area contributed by atoms with Crippen LogP contribution in [-0.2, 0) is 9.59 Å². The van der Waals surface area contributed by atoms with Crippen molar-refractivity contribution in [3.63, 3.8) is 0 Å². The highest BCUT2D eigenvalue weighted by molar-refractivity contribution is 6.06. The van der Waals surface area contributed by atoms with Gasteiger partial charge in [-0.05, 0) is 32.9 Å². The molecule has 1 aromatic carbocycles. The molecule has 0 bridgehead atoms. The number of carbonyl (C=O) groups is 2. The number of piperazine rings is 1. The molecule has 1 aliphatic heterocycles. The van der Waals surface area contributed by atoms with Gasteiger partial charge >= 0.3 is 0 Å². The zero-order valence-electron chi connectivity index (χ0n) is 11.7. The number of nitrogens with one attached hydrogen (secondary N) is 1. The maximum atomic E-state index is 14.0. The SMILES string of the molecule is CC(N)c1c(F)cccc1N1CC(=O)NC(=O)C1(C)C. The number of hydrogen-bond acceptors (Lipinski definition) is 4. The minimum atomic E-state index is -0.953. The zero-order valence-corrected chi connectivity index (χ0v) is 11.7. The van der Waals surface area contributed by atoms with Crippen LogP contribution in [-0.4, -0.2) is 23.9 Å². The van der Waals surface area contributed by atoms with E-state index in [9.17, 15) is 14.0 Å². The van der Waals surface area contributed by atoms with Crippen molar-refractivity contribution < 1.29 is 14.0 Å². The van der Waals surface area contributed by atoms with Crippen molar-refractivity contribution in [1.82, 2.24) is 5.32 Å². The van der Waals surface area contributed by atoms with Crippen LogP contribution in [0.25, 0.3) is 0 Å². The van der Waals surface area contributed by atoms with Gasteiger partial charge in [-0.25, -0.2) is 4.39 Å². The third-order valence-corrected chi connectivity index (χ3v) is 3.56. The maximum absolute atomic E-state index is 14.0. The third-order valence-electron chi connectivity index (χ3n) is 3.56. The molecule has 6 heteroatoms. The van der Waals surface area contributed by atoms with Gasteiger partial charge in [-0.3, -0.25) is 14.9 Å². The summed E-state index contributed by atoms with van der Waals surface area (Å²) in [6.07, 6.45) is 0. The Bertz CT molecular complexity index is 570. The van der Waals surface area contributed by atoms with Crippen LogP contribution >= 0.6 is 0 Å². The van der Waals surface area contributed by atoms with Crippen molar-refractivity contribution >= 4 is 17.5 Å². The molecule has 1 fully saturated rings. The van der Waals surface area contributed by atoms with E-state index in [2.05, 4.69) is 5.32 Å². The average Bonchev–Trinajstić information content (AvgIpc) is 2.33. The van der Waals surface area contributed by atoms with E-state index in [1.165, 1.54) is 6.07 Å².